The highest BCUT2D eigenvalue weighted by atomic mass is 16.5. The van der Waals surface area contributed by atoms with Gasteiger partial charge in [0.25, 0.3) is 0 Å². The van der Waals surface area contributed by atoms with Crippen molar-refractivity contribution >= 4 is 5.97 Å². The quantitative estimate of drug-likeness (QED) is 0.550. The predicted octanol–water partition coefficient (Wildman–Crippen LogP) is 2.89. The minimum atomic E-state index is 0.00119. The summed E-state index contributed by atoms with van der Waals surface area (Å²) in [6.07, 6.45) is 8.07. The van der Waals surface area contributed by atoms with Crippen molar-refractivity contribution in [3.8, 4) is 0 Å². The minimum Gasteiger partial charge on any atom is -0.461 e. The van der Waals surface area contributed by atoms with Gasteiger partial charge in [-0.05, 0) is 32.7 Å². The molecular formula is C14H27NO2. The van der Waals surface area contributed by atoms with Crippen LogP contribution in [0.2, 0.25) is 0 Å². The molecule has 0 amide bonds. The molecular weight excluding hydrogens is 214 g/mol. The Morgan fingerprint density at radius 1 is 1.35 bits per heavy atom. The first-order valence-corrected chi connectivity index (χ1v) is 7.15. The molecule has 17 heavy (non-hydrogen) atoms. The highest BCUT2D eigenvalue weighted by Crippen LogP contribution is 2.24. The van der Waals surface area contributed by atoms with Gasteiger partial charge in [-0.3, -0.25) is 4.79 Å². The molecule has 100 valence electrons. The molecule has 1 atom stereocenters. The fourth-order valence-electron chi connectivity index (χ4n) is 2.28. The van der Waals surface area contributed by atoms with Crippen LogP contribution in [0.1, 0.15) is 58.8 Å². The van der Waals surface area contributed by atoms with Crippen LogP contribution in [0.4, 0.5) is 0 Å². The van der Waals surface area contributed by atoms with Crippen LogP contribution in [-0.4, -0.2) is 25.2 Å². The van der Waals surface area contributed by atoms with Crippen LogP contribution in [0.25, 0.3) is 0 Å². The number of unbranched alkanes of at least 4 members (excludes halogenated alkanes) is 1. The molecule has 1 saturated carbocycles. The first kappa shape index (κ1) is 14.5. The summed E-state index contributed by atoms with van der Waals surface area (Å²) in [7, 11) is 0. The molecule has 0 aromatic heterocycles. The van der Waals surface area contributed by atoms with Crippen molar-refractivity contribution in [2.45, 2.75) is 64.9 Å². The van der Waals surface area contributed by atoms with Crippen molar-refractivity contribution < 1.29 is 9.53 Å². The van der Waals surface area contributed by atoms with Gasteiger partial charge < -0.3 is 10.1 Å². The number of rotatable bonds is 7. The van der Waals surface area contributed by atoms with Crippen LogP contribution in [0.15, 0.2) is 0 Å². The van der Waals surface area contributed by atoms with Crippen LogP contribution in [0.3, 0.4) is 0 Å². The molecule has 0 radical (unpaired) electrons. The van der Waals surface area contributed by atoms with Gasteiger partial charge in [-0.2, -0.15) is 0 Å². The van der Waals surface area contributed by atoms with Crippen LogP contribution < -0.4 is 5.32 Å². The molecule has 0 heterocycles. The lowest BCUT2D eigenvalue weighted by atomic mass is 9.89. The van der Waals surface area contributed by atoms with E-state index in [0.29, 0.717) is 0 Å². The normalized spacial score (nSPS) is 18.9. The van der Waals surface area contributed by atoms with E-state index in [1.54, 1.807) is 0 Å². The maximum atomic E-state index is 11.8. The fourth-order valence-corrected chi connectivity index (χ4v) is 2.28. The van der Waals surface area contributed by atoms with E-state index in [0.717, 1.165) is 25.9 Å². The molecule has 1 fully saturated rings. The summed E-state index contributed by atoms with van der Waals surface area (Å²) in [5.41, 5.74) is 0. The Balaban J connectivity index is 2.11. The van der Waals surface area contributed by atoms with Crippen LogP contribution in [-0.2, 0) is 9.53 Å². The summed E-state index contributed by atoms with van der Waals surface area (Å²) >= 11 is 0. The fraction of sp³-hybridized carbons (Fsp3) is 0.929. The molecule has 1 rings (SSSR count). The predicted molar refractivity (Wildman–Crippen MR) is 69.9 cm³/mol. The van der Waals surface area contributed by atoms with Crippen LogP contribution in [0, 0.1) is 5.92 Å². The van der Waals surface area contributed by atoms with Gasteiger partial charge in [0.05, 0.1) is 5.92 Å². The van der Waals surface area contributed by atoms with Crippen LogP contribution >= 0.6 is 0 Å². The average Bonchev–Trinajstić information content (AvgIpc) is 2.36. The van der Waals surface area contributed by atoms with Crippen molar-refractivity contribution in [2.24, 2.45) is 5.92 Å². The van der Waals surface area contributed by atoms with E-state index in [-0.39, 0.29) is 18.0 Å². The number of carbonyl (C=O) groups is 1. The van der Waals surface area contributed by atoms with E-state index >= 15 is 0 Å². The molecule has 0 saturated heterocycles. The molecule has 1 aliphatic carbocycles. The summed E-state index contributed by atoms with van der Waals surface area (Å²) in [6.45, 7) is 5.94. The molecule has 1 N–H and O–H groups in total. The summed E-state index contributed by atoms with van der Waals surface area (Å²) < 4.78 is 5.47. The Bertz CT molecular complexity index is 212. The van der Waals surface area contributed by atoms with E-state index in [2.05, 4.69) is 12.2 Å². The largest absolute Gasteiger partial charge is 0.461 e. The minimum absolute atomic E-state index is 0.00119. The van der Waals surface area contributed by atoms with Crippen molar-refractivity contribution in [3.05, 3.63) is 0 Å². The Hall–Kier alpha value is -0.570. The topological polar surface area (TPSA) is 38.3 Å². The number of hydrogen-bond acceptors (Lipinski definition) is 3. The second-order valence-electron chi connectivity index (χ2n) is 5.14. The van der Waals surface area contributed by atoms with Crippen molar-refractivity contribution in [3.63, 3.8) is 0 Å². The molecule has 0 aliphatic heterocycles. The zero-order valence-electron chi connectivity index (χ0n) is 11.3. The summed E-state index contributed by atoms with van der Waals surface area (Å²) in [6, 6.07) is 0. The van der Waals surface area contributed by atoms with Gasteiger partial charge in [0.2, 0.25) is 0 Å². The second-order valence-corrected chi connectivity index (χ2v) is 5.14. The van der Waals surface area contributed by atoms with Crippen molar-refractivity contribution in [1.29, 1.82) is 0 Å². The first-order valence-electron chi connectivity index (χ1n) is 7.15. The van der Waals surface area contributed by atoms with Gasteiger partial charge in [-0.25, -0.2) is 0 Å². The maximum absolute atomic E-state index is 11.8. The average molecular weight is 241 g/mol. The van der Waals surface area contributed by atoms with Crippen LogP contribution in [0.5, 0.6) is 0 Å². The molecule has 1 aliphatic rings. The van der Waals surface area contributed by atoms with E-state index in [9.17, 15) is 4.79 Å². The third-order valence-electron chi connectivity index (χ3n) is 3.39. The number of ether oxygens (including phenoxy) is 1. The molecule has 0 bridgehead atoms. The highest BCUT2D eigenvalue weighted by Gasteiger charge is 2.23. The number of nitrogens with one attached hydrogen (secondary N) is 1. The highest BCUT2D eigenvalue weighted by molar-refractivity contribution is 5.72. The molecule has 0 aromatic rings. The van der Waals surface area contributed by atoms with Gasteiger partial charge in [0, 0.05) is 6.54 Å². The van der Waals surface area contributed by atoms with Gasteiger partial charge in [-0.15, -0.1) is 0 Å². The lowest BCUT2D eigenvalue weighted by Gasteiger charge is -2.22. The third-order valence-corrected chi connectivity index (χ3v) is 3.39. The SMILES string of the molecule is CCCCNCC(C)OC(=O)C1CCCCC1. The zero-order valence-corrected chi connectivity index (χ0v) is 11.3. The molecule has 3 nitrogen and oxygen atoms in total. The second kappa shape index (κ2) is 8.51. The van der Waals surface area contributed by atoms with Gasteiger partial charge in [0.15, 0.2) is 0 Å². The maximum Gasteiger partial charge on any atom is 0.309 e. The Morgan fingerprint density at radius 3 is 2.71 bits per heavy atom. The first-order chi connectivity index (χ1) is 8.24. The summed E-state index contributed by atoms with van der Waals surface area (Å²) in [5, 5.41) is 3.32. The lowest BCUT2D eigenvalue weighted by Crippen LogP contribution is -2.32. The standard InChI is InChI=1S/C14H27NO2/c1-3-4-10-15-11-12(2)17-14(16)13-8-6-5-7-9-13/h12-13,15H,3-11H2,1-2H3. The molecule has 1 unspecified atom stereocenters. The lowest BCUT2D eigenvalue weighted by molar-refractivity contribution is -0.154. The smallest absolute Gasteiger partial charge is 0.309 e. The van der Waals surface area contributed by atoms with E-state index in [4.69, 9.17) is 4.74 Å². The molecule has 3 heteroatoms. The van der Waals surface area contributed by atoms with Crippen molar-refractivity contribution in [1.82, 2.24) is 5.32 Å². The number of carbonyl (C=O) groups excluding carboxylic acids is 1. The monoisotopic (exact) mass is 241 g/mol. The van der Waals surface area contributed by atoms with Crippen molar-refractivity contribution in [2.75, 3.05) is 13.1 Å². The summed E-state index contributed by atoms with van der Waals surface area (Å²) in [5.74, 6) is 0.191. The van der Waals surface area contributed by atoms with Gasteiger partial charge >= 0.3 is 5.97 Å². The molecule has 0 aromatic carbocycles. The Morgan fingerprint density at radius 2 is 2.06 bits per heavy atom. The van der Waals surface area contributed by atoms with E-state index in [1.165, 1.54) is 32.1 Å². The van der Waals surface area contributed by atoms with E-state index in [1.807, 2.05) is 6.92 Å². The Kier molecular flexibility index (Phi) is 7.25. The van der Waals surface area contributed by atoms with Gasteiger partial charge in [-0.1, -0.05) is 32.6 Å². The summed E-state index contributed by atoms with van der Waals surface area (Å²) in [4.78, 5) is 11.8. The zero-order chi connectivity index (χ0) is 12.5. The van der Waals surface area contributed by atoms with Gasteiger partial charge in [0.1, 0.15) is 6.10 Å². The number of hydrogen-bond donors (Lipinski definition) is 1. The number of esters is 1. The third kappa shape index (κ3) is 6.06. The Labute approximate surface area is 105 Å². The van der Waals surface area contributed by atoms with E-state index < -0.39 is 0 Å². The molecule has 0 spiro atoms.